The molecule has 2 atom stereocenters. The standard InChI is InChI=1S/C19H18ClNO4/c1-12-11-25-17(13-4-3-7-16(20)9-13)10-21(12)18(22)14-5-2-6-15(8-14)19(23)24/h2-9,12,17H,10-11H2,1H3,(H,23,24). The van der Waals surface area contributed by atoms with Crippen LogP contribution in [0.15, 0.2) is 48.5 Å². The number of amides is 1. The zero-order valence-corrected chi connectivity index (χ0v) is 14.4. The van der Waals surface area contributed by atoms with Crippen LogP contribution in [0.25, 0.3) is 0 Å². The van der Waals surface area contributed by atoms with Gasteiger partial charge in [0, 0.05) is 10.6 Å². The largest absolute Gasteiger partial charge is 0.478 e. The normalized spacial score (nSPS) is 20.3. The first kappa shape index (κ1) is 17.5. The number of nitrogens with zero attached hydrogens (tertiary/aromatic N) is 1. The Bertz CT molecular complexity index is 808. The number of ether oxygens (including phenoxy) is 1. The van der Waals surface area contributed by atoms with Crippen LogP contribution >= 0.6 is 11.6 Å². The van der Waals surface area contributed by atoms with E-state index in [0.717, 1.165) is 5.56 Å². The lowest BCUT2D eigenvalue weighted by atomic mass is 10.0. The Hall–Kier alpha value is -2.37. The highest BCUT2D eigenvalue weighted by atomic mass is 35.5. The van der Waals surface area contributed by atoms with Crippen LogP contribution in [0.3, 0.4) is 0 Å². The number of carbonyl (C=O) groups is 2. The molecule has 0 aromatic heterocycles. The van der Waals surface area contributed by atoms with Gasteiger partial charge in [-0.05, 0) is 42.8 Å². The minimum atomic E-state index is -1.05. The molecule has 6 heteroatoms. The molecular weight excluding hydrogens is 342 g/mol. The van der Waals surface area contributed by atoms with Crippen molar-refractivity contribution in [2.45, 2.75) is 19.1 Å². The third-order valence-electron chi connectivity index (χ3n) is 4.27. The Kier molecular flexibility index (Phi) is 5.06. The molecule has 2 aromatic carbocycles. The van der Waals surface area contributed by atoms with Crippen LogP contribution in [0.1, 0.15) is 39.3 Å². The summed E-state index contributed by atoms with van der Waals surface area (Å²) in [6.45, 7) is 2.70. The van der Waals surface area contributed by atoms with E-state index in [1.165, 1.54) is 12.1 Å². The second kappa shape index (κ2) is 7.25. The van der Waals surface area contributed by atoms with Crippen LogP contribution in [0.4, 0.5) is 0 Å². The summed E-state index contributed by atoms with van der Waals surface area (Å²) in [4.78, 5) is 25.7. The number of aromatic carboxylic acids is 1. The molecule has 1 saturated heterocycles. The molecule has 1 aliphatic heterocycles. The summed E-state index contributed by atoms with van der Waals surface area (Å²) in [7, 11) is 0. The summed E-state index contributed by atoms with van der Waals surface area (Å²) in [5, 5.41) is 9.73. The van der Waals surface area contributed by atoms with E-state index in [9.17, 15) is 9.59 Å². The van der Waals surface area contributed by atoms with Crippen molar-refractivity contribution in [3.63, 3.8) is 0 Å². The molecule has 0 radical (unpaired) electrons. The monoisotopic (exact) mass is 359 g/mol. The highest BCUT2D eigenvalue weighted by molar-refractivity contribution is 6.30. The van der Waals surface area contributed by atoms with Gasteiger partial charge in [0.15, 0.2) is 0 Å². The maximum atomic E-state index is 12.9. The molecule has 0 bridgehead atoms. The highest BCUT2D eigenvalue weighted by Gasteiger charge is 2.31. The number of carbonyl (C=O) groups excluding carboxylic acids is 1. The molecule has 1 fully saturated rings. The lowest BCUT2D eigenvalue weighted by Gasteiger charge is -2.38. The Morgan fingerprint density at radius 3 is 2.60 bits per heavy atom. The Balaban J connectivity index is 1.83. The molecular formula is C19H18ClNO4. The number of benzene rings is 2. The Morgan fingerprint density at radius 2 is 1.88 bits per heavy atom. The van der Waals surface area contributed by atoms with E-state index in [-0.39, 0.29) is 23.6 Å². The minimum absolute atomic E-state index is 0.0955. The maximum absolute atomic E-state index is 12.9. The van der Waals surface area contributed by atoms with Crippen molar-refractivity contribution in [1.82, 2.24) is 4.90 Å². The SMILES string of the molecule is CC1COC(c2cccc(Cl)c2)CN1C(=O)c1cccc(C(=O)O)c1. The molecule has 2 unspecified atom stereocenters. The molecule has 25 heavy (non-hydrogen) atoms. The van der Waals surface area contributed by atoms with Crippen LogP contribution in [-0.4, -0.2) is 41.1 Å². The van der Waals surface area contributed by atoms with Gasteiger partial charge in [0.05, 0.1) is 24.8 Å². The Labute approximate surface area is 150 Å². The predicted molar refractivity (Wildman–Crippen MR) is 94.0 cm³/mol. The molecule has 3 rings (SSSR count). The second-order valence-corrected chi connectivity index (χ2v) is 6.51. The van der Waals surface area contributed by atoms with Crippen LogP contribution in [-0.2, 0) is 4.74 Å². The van der Waals surface area contributed by atoms with Gasteiger partial charge < -0.3 is 14.7 Å². The molecule has 1 amide bonds. The fraction of sp³-hybridized carbons (Fsp3) is 0.263. The van der Waals surface area contributed by atoms with Crippen molar-refractivity contribution in [3.05, 3.63) is 70.2 Å². The summed E-state index contributed by atoms with van der Waals surface area (Å²) < 4.78 is 5.86. The van der Waals surface area contributed by atoms with Gasteiger partial charge in [0.2, 0.25) is 0 Å². The van der Waals surface area contributed by atoms with Crippen LogP contribution in [0, 0.1) is 0 Å². The van der Waals surface area contributed by atoms with Gasteiger partial charge in [0.25, 0.3) is 5.91 Å². The first-order chi connectivity index (χ1) is 12.0. The fourth-order valence-corrected chi connectivity index (χ4v) is 3.10. The zero-order valence-electron chi connectivity index (χ0n) is 13.7. The molecule has 1 N–H and O–H groups in total. The number of rotatable bonds is 3. The average molecular weight is 360 g/mol. The summed E-state index contributed by atoms with van der Waals surface area (Å²) in [5.74, 6) is -1.26. The van der Waals surface area contributed by atoms with Crippen molar-refractivity contribution in [1.29, 1.82) is 0 Å². The van der Waals surface area contributed by atoms with Crippen LogP contribution < -0.4 is 0 Å². The van der Waals surface area contributed by atoms with Crippen molar-refractivity contribution in [3.8, 4) is 0 Å². The number of hydrogen-bond donors (Lipinski definition) is 1. The van der Waals surface area contributed by atoms with E-state index in [0.29, 0.717) is 23.7 Å². The highest BCUT2D eigenvalue weighted by Crippen LogP contribution is 2.27. The quantitative estimate of drug-likeness (QED) is 0.908. The summed E-state index contributed by atoms with van der Waals surface area (Å²) in [6, 6.07) is 13.4. The zero-order chi connectivity index (χ0) is 18.0. The van der Waals surface area contributed by atoms with Crippen molar-refractivity contribution >= 4 is 23.5 Å². The van der Waals surface area contributed by atoms with E-state index in [1.807, 2.05) is 25.1 Å². The van der Waals surface area contributed by atoms with Crippen molar-refractivity contribution in [2.24, 2.45) is 0 Å². The molecule has 0 saturated carbocycles. The third-order valence-corrected chi connectivity index (χ3v) is 4.51. The van der Waals surface area contributed by atoms with Crippen molar-refractivity contribution < 1.29 is 19.4 Å². The second-order valence-electron chi connectivity index (χ2n) is 6.07. The van der Waals surface area contributed by atoms with Crippen molar-refractivity contribution in [2.75, 3.05) is 13.2 Å². The summed E-state index contributed by atoms with van der Waals surface area (Å²) in [6.07, 6.45) is -0.262. The summed E-state index contributed by atoms with van der Waals surface area (Å²) >= 11 is 6.04. The molecule has 1 aliphatic rings. The number of halogens is 1. The predicted octanol–water partition coefficient (Wildman–Crippen LogP) is 3.64. The number of carboxylic acids is 1. The Morgan fingerprint density at radius 1 is 1.16 bits per heavy atom. The number of morpholine rings is 1. The first-order valence-corrected chi connectivity index (χ1v) is 8.35. The summed E-state index contributed by atoms with van der Waals surface area (Å²) in [5.41, 5.74) is 1.37. The molecule has 1 heterocycles. The van der Waals surface area contributed by atoms with Gasteiger partial charge >= 0.3 is 5.97 Å². The topological polar surface area (TPSA) is 66.8 Å². The molecule has 0 aliphatic carbocycles. The lowest BCUT2D eigenvalue weighted by Crippen LogP contribution is -2.48. The maximum Gasteiger partial charge on any atom is 0.335 e. The molecule has 0 spiro atoms. The first-order valence-electron chi connectivity index (χ1n) is 7.97. The minimum Gasteiger partial charge on any atom is -0.478 e. The van der Waals surface area contributed by atoms with Gasteiger partial charge in [0.1, 0.15) is 6.10 Å². The van der Waals surface area contributed by atoms with E-state index >= 15 is 0 Å². The van der Waals surface area contributed by atoms with Crippen LogP contribution in [0.2, 0.25) is 5.02 Å². The number of hydrogen-bond acceptors (Lipinski definition) is 3. The molecule has 5 nitrogen and oxygen atoms in total. The van der Waals surface area contributed by atoms with Gasteiger partial charge in [-0.3, -0.25) is 4.79 Å². The van der Waals surface area contributed by atoms with Crippen LogP contribution in [0.5, 0.6) is 0 Å². The number of carboxylic acid groups (broad SMARTS) is 1. The van der Waals surface area contributed by atoms with E-state index < -0.39 is 5.97 Å². The smallest absolute Gasteiger partial charge is 0.335 e. The average Bonchev–Trinajstić information content (AvgIpc) is 2.61. The van der Waals surface area contributed by atoms with Gasteiger partial charge in [-0.25, -0.2) is 4.79 Å². The molecule has 2 aromatic rings. The van der Waals surface area contributed by atoms with E-state index in [1.54, 1.807) is 23.1 Å². The van der Waals surface area contributed by atoms with E-state index in [2.05, 4.69) is 0 Å². The third kappa shape index (κ3) is 3.83. The van der Waals surface area contributed by atoms with Gasteiger partial charge in [-0.2, -0.15) is 0 Å². The van der Waals surface area contributed by atoms with Gasteiger partial charge in [-0.1, -0.05) is 29.8 Å². The fourth-order valence-electron chi connectivity index (χ4n) is 2.90. The lowest BCUT2D eigenvalue weighted by molar-refractivity contribution is -0.0486. The molecule has 130 valence electrons. The van der Waals surface area contributed by atoms with Gasteiger partial charge in [-0.15, -0.1) is 0 Å². The van der Waals surface area contributed by atoms with E-state index in [4.69, 9.17) is 21.4 Å².